The molecule has 1 N–H and O–H groups in total. The third-order valence-electron chi connectivity index (χ3n) is 5.66. The summed E-state index contributed by atoms with van der Waals surface area (Å²) in [5.74, 6) is 2.39. The fourth-order valence-corrected chi connectivity index (χ4v) is 5.52. The molecule has 3 nitrogen and oxygen atoms in total. The van der Waals surface area contributed by atoms with Crippen LogP contribution in [0.1, 0.15) is 24.0 Å². The highest BCUT2D eigenvalue weighted by Gasteiger charge is 2.33. The fraction of sp³-hybridized carbons (Fsp3) is 0.320. The summed E-state index contributed by atoms with van der Waals surface area (Å²) in [6, 6.07) is 16.8. The number of benzene rings is 2. The van der Waals surface area contributed by atoms with Gasteiger partial charge in [0.1, 0.15) is 6.54 Å². The summed E-state index contributed by atoms with van der Waals surface area (Å²) in [7, 11) is 2.35. The molecule has 0 spiro atoms. The number of amides is 1. The Morgan fingerprint density at radius 2 is 1.94 bits per heavy atom. The Bertz CT molecular complexity index is 897. The molecular weight excluding hydrogens is 583 g/mol. The van der Waals surface area contributed by atoms with E-state index in [0.717, 1.165) is 33.3 Å². The minimum absolute atomic E-state index is 0. The molecule has 6 heteroatoms. The van der Waals surface area contributed by atoms with Crippen LogP contribution in [0.25, 0.3) is 6.08 Å². The average molecular weight is 613 g/mol. The van der Waals surface area contributed by atoms with Crippen molar-refractivity contribution in [2.24, 2.45) is 0 Å². The Morgan fingerprint density at radius 1 is 1.23 bits per heavy atom. The molecule has 2 aromatic rings. The Kier molecular flexibility index (Phi) is 10.8. The van der Waals surface area contributed by atoms with Gasteiger partial charge in [0.05, 0.1) is 19.6 Å². The van der Waals surface area contributed by atoms with E-state index in [1.54, 1.807) is 6.08 Å². The lowest BCUT2D eigenvalue weighted by molar-refractivity contribution is -0.941. The molecule has 1 amide bonds. The Hall–Kier alpha value is -1.09. The highest BCUT2D eigenvalue weighted by atomic mass is 127. The van der Waals surface area contributed by atoms with Crippen LogP contribution >= 0.6 is 27.7 Å². The smallest absolute Gasteiger partial charge is 0.248 e. The van der Waals surface area contributed by atoms with E-state index in [0.29, 0.717) is 6.04 Å². The molecule has 0 radical (unpaired) electrons. The molecule has 2 aromatic carbocycles. The van der Waals surface area contributed by atoms with Crippen molar-refractivity contribution in [3.8, 4) is 0 Å². The van der Waals surface area contributed by atoms with Gasteiger partial charge in [0.15, 0.2) is 0 Å². The van der Waals surface area contributed by atoms with Crippen LogP contribution < -0.4 is 29.3 Å². The minimum atomic E-state index is -0.130. The number of nitrogens with one attached hydrogen (secondary N) is 1. The molecule has 0 aromatic heterocycles. The summed E-state index contributed by atoms with van der Waals surface area (Å²) in [6.45, 7) is 5.96. The number of carbonyl (C=O) groups excluding carboxylic acids is 1. The largest absolute Gasteiger partial charge is 1.00 e. The van der Waals surface area contributed by atoms with Crippen LogP contribution in [0.4, 0.5) is 5.69 Å². The van der Waals surface area contributed by atoms with Gasteiger partial charge in [-0.25, -0.2) is 0 Å². The molecule has 0 bridgehead atoms. The number of likely N-dealkylation sites (N-methyl/N-ethyl adjacent to an activating group) is 1. The maximum atomic E-state index is 12.3. The zero-order valence-electron chi connectivity index (χ0n) is 17.9. The van der Waals surface area contributed by atoms with Gasteiger partial charge in [-0.05, 0) is 53.5 Å². The topological polar surface area (TPSA) is 29.1 Å². The number of quaternary nitrogens is 1. The number of nitrogens with zero attached hydrogens (tertiary/aromatic N) is 1. The lowest BCUT2D eigenvalue weighted by Crippen LogP contribution is -3.00. The molecule has 1 fully saturated rings. The molecule has 0 saturated carbocycles. The summed E-state index contributed by atoms with van der Waals surface area (Å²) in [5.41, 5.74) is 3.09. The zero-order chi connectivity index (χ0) is 21.4. The standard InChI is InChI=1S/C25H29BrN2OS.HI/c1-3-15-28(2,24-13-16-30-17-14-24)19-21-7-10-23(11-8-21)27-25(29)12-9-20-5-4-6-22(26)18-20;/h3-12,18,24H,1,13-17,19H2,2H3;1H. The van der Waals surface area contributed by atoms with Gasteiger partial charge in [-0.1, -0.05) is 46.8 Å². The molecule has 1 unspecified atom stereocenters. The van der Waals surface area contributed by atoms with Crippen molar-refractivity contribution < 1.29 is 33.3 Å². The lowest BCUT2D eigenvalue weighted by Gasteiger charge is -2.43. The molecule has 1 atom stereocenters. The molecule has 1 saturated heterocycles. The van der Waals surface area contributed by atoms with E-state index >= 15 is 0 Å². The molecule has 1 aliphatic heterocycles. The fourth-order valence-electron chi connectivity index (χ4n) is 4.02. The first-order chi connectivity index (χ1) is 14.5. The molecule has 31 heavy (non-hydrogen) atoms. The van der Waals surface area contributed by atoms with Crippen molar-refractivity contribution in [1.82, 2.24) is 0 Å². The first-order valence-corrected chi connectivity index (χ1v) is 12.3. The monoisotopic (exact) mass is 612 g/mol. The predicted octanol–water partition coefficient (Wildman–Crippen LogP) is 3.13. The second-order valence-corrected chi connectivity index (χ2v) is 10.2. The molecule has 3 rings (SSSR count). The second-order valence-electron chi connectivity index (χ2n) is 8.03. The van der Waals surface area contributed by atoms with E-state index in [2.05, 4.69) is 58.8 Å². The van der Waals surface area contributed by atoms with E-state index < -0.39 is 0 Å². The van der Waals surface area contributed by atoms with E-state index in [4.69, 9.17) is 0 Å². The van der Waals surface area contributed by atoms with Crippen molar-refractivity contribution in [2.75, 3.05) is 30.4 Å². The van der Waals surface area contributed by atoms with Crippen molar-refractivity contribution >= 4 is 45.4 Å². The van der Waals surface area contributed by atoms with Gasteiger partial charge in [0, 0.05) is 34.6 Å². The number of halogens is 2. The number of hydrogen-bond acceptors (Lipinski definition) is 2. The van der Waals surface area contributed by atoms with Crippen LogP contribution in [0.5, 0.6) is 0 Å². The Morgan fingerprint density at radius 3 is 2.58 bits per heavy atom. The molecule has 1 heterocycles. The first-order valence-electron chi connectivity index (χ1n) is 10.3. The Balaban J connectivity index is 0.00000341. The van der Waals surface area contributed by atoms with Crippen molar-refractivity contribution in [1.29, 1.82) is 0 Å². The quantitative estimate of drug-likeness (QED) is 0.215. The van der Waals surface area contributed by atoms with Crippen LogP contribution in [0.2, 0.25) is 0 Å². The third-order valence-corrected chi connectivity index (χ3v) is 7.20. The van der Waals surface area contributed by atoms with Crippen molar-refractivity contribution in [2.45, 2.75) is 25.4 Å². The van der Waals surface area contributed by atoms with E-state index in [-0.39, 0.29) is 29.9 Å². The van der Waals surface area contributed by atoms with Crippen LogP contribution in [0, 0.1) is 0 Å². The second kappa shape index (κ2) is 12.8. The number of thioether (sulfide) groups is 1. The van der Waals surface area contributed by atoms with E-state index in [1.807, 2.05) is 48.6 Å². The maximum Gasteiger partial charge on any atom is 0.248 e. The van der Waals surface area contributed by atoms with Gasteiger partial charge in [-0.3, -0.25) is 4.79 Å². The maximum absolute atomic E-state index is 12.3. The van der Waals surface area contributed by atoms with Gasteiger partial charge in [-0.15, -0.1) is 0 Å². The van der Waals surface area contributed by atoms with Crippen LogP contribution in [-0.4, -0.2) is 41.5 Å². The van der Waals surface area contributed by atoms with Crippen molar-refractivity contribution in [3.63, 3.8) is 0 Å². The van der Waals surface area contributed by atoms with Gasteiger partial charge < -0.3 is 33.8 Å². The number of anilines is 1. The lowest BCUT2D eigenvalue weighted by atomic mass is 10.0. The van der Waals surface area contributed by atoms with Gasteiger partial charge in [0.25, 0.3) is 0 Å². The number of carbonyl (C=O) groups is 1. The van der Waals surface area contributed by atoms with Crippen LogP contribution in [0.3, 0.4) is 0 Å². The molecule has 166 valence electrons. The van der Waals surface area contributed by atoms with Gasteiger partial charge in [-0.2, -0.15) is 11.8 Å². The summed E-state index contributed by atoms with van der Waals surface area (Å²) >= 11 is 5.51. The summed E-state index contributed by atoms with van der Waals surface area (Å²) in [6.07, 6.45) is 7.97. The SMILES string of the molecule is C=CC[N+](C)(Cc1ccc(NC(=O)C=Cc2cccc(Br)c2)cc1)C1CCSCC1.[I-]. The summed E-state index contributed by atoms with van der Waals surface area (Å²) < 4.78 is 2.00. The highest BCUT2D eigenvalue weighted by Crippen LogP contribution is 2.28. The molecular formula is C25H30BrIN2OS. The minimum Gasteiger partial charge on any atom is -1.00 e. The molecule has 1 aliphatic rings. The van der Waals surface area contributed by atoms with E-state index in [9.17, 15) is 4.79 Å². The van der Waals surface area contributed by atoms with Crippen LogP contribution in [-0.2, 0) is 11.3 Å². The van der Waals surface area contributed by atoms with E-state index in [1.165, 1.54) is 29.9 Å². The van der Waals surface area contributed by atoms with Crippen molar-refractivity contribution in [3.05, 3.63) is 82.9 Å². The highest BCUT2D eigenvalue weighted by molar-refractivity contribution is 9.10. The Labute approximate surface area is 216 Å². The summed E-state index contributed by atoms with van der Waals surface area (Å²) in [5, 5.41) is 2.94. The summed E-state index contributed by atoms with van der Waals surface area (Å²) in [4.78, 5) is 12.3. The predicted molar refractivity (Wildman–Crippen MR) is 134 cm³/mol. The van der Waals surface area contributed by atoms with Gasteiger partial charge >= 0.3 is 0 Å². The number of hydrogen-bond donors (Lipinski definition) is 1. The van der Waals surface area contributed by atoms with Crippen LogP contribution in [0.15, 0.2) is 71.7 Å². The molecule has 0 aliphatic carbocycles. The zero-order valence-corrected chi connectivity index (χ0v) is 22.5. The number of rotatable bonds is 8. The van der Waals surface area contributed by atoms with Gasteiger partial charge in [0.2, 0.25) is 5.91 Å². The third kappa shape index (κ3) is 8.08. The average Bonchev–Trinajstić information content (AvgIpc) is 2.75. The normalized spacial score (nSPS) is 16.3. The first kappa shape index (κ1) is 26.2.